The van der Waals surface area contributed by atoms with Crippen molar-refractivity contribution in [2.24, 2.45) is 0 Å². The van der Waals surface area contributed by atoms with Crippen LogP contribution in [0.3, 0.4) is 0 Å². The Morgan fingerprint density at radius 3 is 2.30 bits per heavy atom. The summed E-state index contributed by atoms with van der Waals surface area (Å²) >= 11 is 0. The van der Waals surface area contributed by atoms with Crippen LogP contribution in [-0.4, -0.2) is 23.4 Å². The Kier molecular flexibility index (Phi) is 6.11. The lowest BCUT2D eigenvalue weighted by molar-refractivity contribution is -0.139. The van der Waals surface area contributed by atoms with E-state index in [1.165, 1.54) is 0 Å². The fraction of sp³-hybridized carbons (Fsp3) is 0.235. The summed E-state index contributed by atoms with van der Waals surface area (Å²) < 4.78 is 5.34. The minimum absolute atomic E-state index is 0.218. The lowest BCUT2D eigenvalue weighted by Gasteiger charge is -2.07. The van der Waals surface area contributed by atoms with E-state index in [4.69, 9.17) is 4.74 Å². The van der Waals surface area contributed by atoms with E-state index in [-0.39, 0.29) is 13.1 Å². The minimum Gasteiger partial charge on any atom is -0.494 e. The average molecular weight is 313 g/mol. The van der Waals surface area contributed by atoms with Gasteiger partial charge in [0, 0.05) is 12.7 Å². The SMILES string of the molecule is CCOc1ccc(CNC(=O)C(=O)NCc2ccccn2)cc1. The Bertz CT molecular complexity index is 642. The number of carbonyl (C=O) groups excluding carboxylic acids is 2. The molecule has 6 nitrogen and oxygen atoms in total. The van der Waals surface area contributed by atoms with Crippen molar-refractivity contribution in [3.8, 4) is 5.75 Å². The summed E-state index contributed by atoms with van der Waals surface area (Å²) in [6, 6.07) is 12.7. The second kappa shape index (κ2) is 8.53. The fourth-order valence-electron chi connectivity index (χ4n) is 1.89. The van der Waals surface area contributed by atoms with Crippen molar-refractivity contribution in [3.05, 3.63) is 59.9 Å². The summed E-state index contributed by atoms with van der Waals surface area (Å²) in [5.74, 6) is -0.577. The molecule has 1 aromatic carbocycles. The van der Waals surface area contributed by atoms with Crippen molar-refractivity contribution < 1.29 is 14.3 Å². The third-order valence-corrected chi connectivity index (χ3v) is 3.05. The summed E-state index contributed by atoms with van der Waals surface area (Å²) in [5.41, 5.74) is 1.58. The van der Waals surface area contributed by atoms with Crippen LogP contribution in [0.4, 0.5) is 0 Å². The highest BCUT2D eigenvalue weighted by atomic mass is 16.5. The number of carbonyl (C=O) groups is 2. The molecule has 1 heterocycles. The molecule has 2 amide bonds. The third-order valence-electron chi connectivity index (χ3n) is 3.05. The monoisotopic (exact) mass is 313 g/mol. The van der Waals surface area contributed by atoms with Crippen LogP contribution >= 0.6 is 0 Å². The number of rotatable bonds is 6. The number of hydrogen-bond donors (Lipinski definition) is 2. The number of pyridine rings is 1. The molecule has 120 valence electrons. The van der Waals surface area contributed by atoms with Gasteiger partial charge in [0.1, 0.15) is 5.75 Å². The van der Waals surface area contributed by atoms with Crippen LogP contribution in [0.1, 0.15) is 18.2 Å². The Morgan fingerprint density at radius 2 is 1.70 bits per heavy atom. The number of aromatic nitrogens is 1. The molecule has 0 spiro atoms. The predicted octanol–water partition coefficient (Wildman–Crippen LogP) is 1.41. The number of hydrogen-bond acceptors (Lipinski definition) is 4. The van der Waals surface area contributed by atoms with Crippen molar-refractivity contribution in [1.82, 2.24) is 15.6 Å². The molecule has 0 aliphatic rings. The number of nitrogens with zero attached hydrogens (tertiary/aromatic N) is 1. The van der Waals surface area contributed by atoms with Crippen LogP contribution in [0, 0.1) is 0 Å². The van der Waals surface area contributed by atoms with Crippen molar-refractivity contribution in [2.45, 2.75) is 20.0 Å². The molecule has 0 atom stereocenters. The van der Waals surface area contributed by atoms with Gasteiger partial charge in [0.05, 0.1) is 18.8 Å². The van der Waals surface area contributed by atoms with Crippen LogP contribution in [0.25, 0.3) is 0 Å². The summed E-state index contributed by atoms with van der Waals surface area (Å²) in [6.45, 7) is 3.02. The van der Waals surface area contributed by atoms with E-state index in [2.05, 4.69) is 15.6 Å². The molecule has 0 saturated heterocycles. The first kappa shape index (κ1) is 16.5. The lowest BCUT2D eigenvalue weighted by Crippen LogP contribution is -2.39. The molecular weight excluding hydrogens is 294 g/mol. The van der Waals surface area contributed by atoms with Gasteiger partial charge in [-0.15, -0.1) is 0 Å². The summed E-state index contributed by atoms with van der Waals surface area (Å²) in [6.07, 6.45) is 1.63. The average Bonchev–Trinajstić information content (AvgIpc) is 2.60. The topological polar surface area (TPSA) is 80.3 Å². The molecule has 0 bridgehead atoms. The molecule has 0 aliphatic carbocycles. The Balaban J connectivity index is 1.76. The first-order valence-corrected chi connectivity index (χ1v) is 7.36. The zero-order valence-corrected chi connectivity index (χ0v) is 12.9. The first-order chi connectivity index (χ1) is 11.2. The van der Waals surface area contributed by atoms with E-state index >= 15 is 0 Å². The number of benzene rings is 1. The highest BCUT2D eigenvalue weighted by Crippen LogP contribution is 2.11. The van der Waals surface area contributed by atoms with Gasteiger partial charge in [-0.25, -0.2) is 0 Å². The van der Waals surface area contributed by atoms with Crippen LogP contribution in [-0.2, 0) is 22.7 Å². The van der Waals surface area contributed by atoms with E-state index in [0.717, 1.165) is 11.3 Å². The summed E-state index contributed by atoms with van der Waals surface area (Å²) in [7, 11) is 0. The Labute approximate surface area is 134 Å². The van der Waals surface area contributed by atoms with E-state index < -0.39 is 11.8 Å². The number of nitrogens with one attached hydrogen (secondary N) is 2. The second-order valence-electron chi connectivity index (χ2n) is 4.76. The molecule has 6 heteroatoms. The van der Waals surface area contributed by atoms with Gasteiger partial charge in [-0.3, -0.25) is 14.6 Å². The van der Waals surface area contributed by atoms with Crippen LogP contribution in [0.15, 0.2) is 48.7 Å². The highest BCUT2D eigenvalue weighted by molar-refractivity contribution is 6.35. The molecule has 0 aliphatic heterocycles. The molecule has 0 fully saturated rings. The molecule has 23 heavy (non-hydrogen) atoms. The van der Waals surface area contributed by atoms with Crippen molar-refractivity contribution in [2.75, 3.05) is 6.61 Å². The smallest absolute Gasteiger partial charge is 0.309 e. The lowest BCUT2D eigenvalue weighted by atomic mass is 10.2. The largest absolute Gasteiger partial charge is 0.494 e. The Morgan fingerprint density at radius 1 is 1.00 bits per heavy atom. The maximum absolute atomic E-state index is 11.7. The van der Waals surface area contributed by atoms with E-state index in [1.54, 1.807) is 18.3 Å². The first-order valence-electron chi connectivity index (χ1n) is 7.36. The van der Waals surface area contributed by atoms with Gasteiger partial charge in [-0.1, -0.05) is 18.2 Å². The van der Waals surface area contributed by atoms with Crippen LogP contribution in [0.5, 0.6) is 5.75 Å². The van der Waals surface area contributed by atoms with Crippen molar-refractivity contribution >= 4 is 11.8 Å². The third kappa shape index (κ3) is 5.43. The molecule has 0 saturated carbocycles. The van der Waals surface area contributed by atoms with Gasteiger partial charge in [0.25, 0.3) is 0 Å². The molecular formula is C17H19N3O3. The van der Waals surface area contributed by atoms with Crippen molar-refractivity contribution in [3.63, 3.8) is 0 Å². The van der Waals surface area contributed by atoms with Gasteiger partial charge in [0.15, 0.2) is 0 Å². The molecule has 1 aromatic heterocycles. The standard InChI is InChI=1S/C17H19N3O3/c1-2-23-15-8-6-13(7-9-15)11-19-16(21)17(22)20-12-14-5-3-4-10-18-14/h3-10H,2,11-12H2,1H3,(H,19,21)(H,20,22). The minimum atomic E-state index is -0.679. The number of ether oxygens (including phenoxy) is 1. The molecule has 0 unspecified atom stereocenters. The predicted molar refractivity (Wildman–Crippen MR) is 85.5 cm³/mol. The van der Waals surface area contributed by atoms with E-state index in [1.807, 2.05) is 37.3 Å². The van der Waals surface area contributed by atoms with Crippen LogP contribution in [0.2, 0.25) is 0 Å². The maximum atomic E-state index is 11.7. The zero-order valence-electron chi connectivity index (χ0n) is 12.9. The molecule has 2 rings (SSSR count). The maximum Gasteiger partial charge on any atom is 0.309 e. The second-order valence-corrected chi connectivity index (χ2v) is 4.76. The normalized spacial score (nSPS) is 9.96. The highest BCUT2D eigenvalue weighted by Gasteiger charge is 2.12. The summed E-state index contributed by atoms with van der Waals surface area (Å²) in [5, 5.41) is 5.10. The zero-order chi connectivity index (χ0) is 16.5. The molecule has 2 N–H and O–H groups in total. The van der Waals surface area contributed by atoms with E-state index in [9.17, 15) is 9.59 Å². The molecule has 0 radical (unpaired) electrons. The van der Waals surface area contributed by atoms with Gasteiger partial charge >= 0.3 is 11.8 Å². The van der Waals surface area contributed by atoms with Gasteiger partial charge in [-0.05, 0) is 36.8 Å². The van der Waals surface area contributed by atoms with Gasteiger partial charge < -0.3 is 15.4 Å². The number of amides is 2. The Hall–Kier alpha value is -2.89. The summed E-state index contributed by atoms with van der Waals surface area (Å²) in [4.78, 5) is 27.5. The quantitative estimate of drug-likeness (QED) is 0.790. The molecule has 2 aromatic rings. The van der Waals surface area contributed by atoms with Gasteiger partial charge in [-0.2, -0.15) is 0 Å². The van der Waals surface area contributed by atoms with Gasteiger partial charge in [0.2, 0.25) is 0 Å². The fourth-order valence-corrected chi connectivity index (χ4v) is 1.89. The van der Waals surface area contributed by atoms with Crippen LogP contribution < -0.4 is 15.4 Å². The van der Waals surface area contributed by atoms with Crippen molar-refractivity contribution in [1.29, 1.82) is 0 Å². The van der Waals surface area contributed by atoms with E-state index in [0.29, 0.717) is 12.3 Å².